The fraction of sp³-hybridized carbons (Fsp3) is 0.238. The lowest BCUT2D eigenvalue weighted by atomic mass is 10.0. The van der Waals surface area contributed by atoms with Crippen molar-refractivity contribution in [2.45, 2.75) is 38.6 Å². The standard InChI is InChI=1S/C21H20N4O2S/c1-12-5-6-14(3)18(9-12)25-21(22-23-24-25)28-11-16-10-19(26)27-20-15(4)13(2)7-8-17(16)20/h5-10H,11H2,1-4H3. The van der Waals surface area contributed by atoms with Crippen molar-refractivity contribution in [1.29, 1.82) is 0 Å². The van der Waals surface area contributed by atoms with Crippen molar-refractivity contribution >= 4 is 22.7 Å². The highest BCUT2D eigenvalue weighted by atomic mass is 32.2. The van der Waals surface area contributed by atoms with Crippen molar-refractivity contribution in [2.24, 2.45) is 0 Å². The Morgan fingerprint density at radius 2 is 1.82 bits per heavy atom. The molecule has 2 heterocycles. The number of benzene rings is 2. The van der Waals surface area contributed by atoms with Crippen LogP contribution in [0.4, 0.5) is 0 Å². The lowest BCUT2D eigenvalue weighted by molar-refractivity contribution is 0.557. The van der Waals surface area contributed by atoms with E-state index in [0.717, 1.165) is 38.9 Å². The van der Waals surface area contributed by atoms with Crippen molar-refractivity contribution in [3.8, 4) is 5.69 Å². The van der Waals surface area contributed by atoms with Gasteiger partial charge in [0.2, 0.25) is 5.16 Å². The number of fused-ring (bicyclic) bond motifs is 1. The summed E-state index contributed by atoms with van der Waals surface area (Å²) < 4.78 is 7.21. The minimum atomic E-state index is -0.342. The first-order valence-corrected chi connectivity index (χ1v) is 9.94. The Hall–Kier alpha value is -2.93. The second kappa shape index (κ2) is 7.24. The third-order valence-corrected chi connectivity index (χ3v) is 5.88. The molecule has 0 fully saturated rings. The third kappa shape index (κ3) is 3.33. The molecule has 4 rings (SSSR count). The summed E-state index contributed by atoms with van der Waals surface area (Å²) in [7, 11) is 0. The summed E-state index contributed by atoms with van der Waals surface area (Å²) in [5.74, 6) is 0.565. The Bertz CT molecular complexity index is 1240. The molecule has 2 aromatic heterocycles. The van der Waals surface area contributed by atoms with Crippen LogP contribution in [0.2, 0.25) is 0 Å². The molecule has 0 radical (unpaired) electrons. The molecule has 0 saturated carbocycles. The van der Waals surface area contributed by atoms with Crippen molar-refractivity contribution in [3.63, 3.8) is 0 Å². The van der Waals surface area contributed by atoms with Crippen LogP contribution in [-0.4, -0.2) is 20.2 Å². The second-order valence-corrected chi connectivity index (χ2v) is 7.87. The molecule has 4 aromatic rings. The second-order valence-electron chi connectivity index (χ2n) is 6.93. The first-order chi connectivity index (χ1) is 13.4. The van der Waals surface area contributed by atoms with E-state index in [2.05, 4.69) is 33.7 Å². The van der Waals surface area contributed by atoms with Crippen molar-refractivity contribution in [2.75, 3.05) is 0 Å². The van der Waals surface area contributed by atoms with Gasteiger partial charge in [-0.2, -0.15) is 4.68 Å². The highest BCUT2D eigenvalue weighted by molar-refractivity contribution is 7.98. The van der Waals surface area contributed by atoms with E-state index in [-0.39, 0.29) is 5.63 Å². The summed E-state index contributed by atoms with van der Waals surface area (Å²) in [4.78, 5) is 12.1. The molecule has 0 aliphatic heterocycles. The monoisotopic (exact) mass is 392 g/mol. The molecule has 0 unspecified atom stereocenters. The molecule has 7 heteroatoms. The number of nitrogens with zero attached hydrogens (tertiary/aromatic N) is 4. The minimum absolute atomic E-state index is 0.342. The summed E-state index contributed by atoms with van der Waals surface area (Å²) in [5, 5.41) is 13.8. The zero-order valence-corrected chi connectivity index (χ0v) is 17.0. The van der Waals surface area contributed by atoms with E-state index in [1.807, 2.05) is 39.8 Å². The molecule has 142 valence electrons. The van der Waals surface area contributed by atoms with Gasteiger partial charge in [0.15, 0.2) is 0 Å². The molecule has 0 bridgehead atoms. The molecule has 6 nitrogen and oxygen atoms in total. The number of aryl methyl sites for hydroxylation is 4. The van der Waals surface area contributed by atoms with Gasteiger partial charge in [0.05, 0.1) is 5.69 Å². The number of hydrogen-bond donors (Lipinski definition) is 0. The normalized spacial score (nSPS) is 11.3. The van der Waals surface area contributed by atoms with Gasteiger partial charge in [-0.05, 0) is 72.0 Å². The van der Waals surface area contributed by atoms with Crippen LogP contribution in [0.1, 0.15) is 27.8 Å². The van der Waals surface area contributed by atoms with Crippen LogP contribution in [0.15, 0.2) is 50.8 Å². The molecular formula is C21H20N4O2S. The van der Waals surface area contributed by atoms with Crippen LogP contribution in [0.25, 0.3) is 16.7 Å². The average Bonchev–Trinajstić information content (AvgIpc) is 3.13. The highest BCUT2D eigenvalue weighted by Crippen LogP contribution is 2.29. The number of rotatable bonds is 4. The molecule has 0 N–H and O–H groups in total. The van der Waals surface area contributed by atoms with E-state index in [0.29, 0.717) is 16.5 Å². The van der Waals surface area contributed by atoms with Gasteiger partial charge in [-0.1, -0.05) is 36.0 Å². The van der Waals surface area contributed by atoms with E-state index in [9.17, 15) is 4.79 Å². The topological polar surface area (TPSA) is 73.8 Å². The van der Waals surface area contributed by atoms with Crippen LogP contribution in [-0.2, 0) is 5.75 Å². The van der Waals surface area contributed by atoms with Gasteiger partial charge in [-0.3, -0.25) is 0 Å². The van der Waals surface area contributed by atoms with Crippen molar-refractivity contribution in [1.82, 2.24) is 20.2 Å². The molecule has 0 aliphatic rings. The van der Waals surface area contributed by atoms with E-state index in [1.54, 1.807) is 10.7 Å². The predicted octanol–water partition coefficient (Wildman–Crippen LogP) is 4.29. The quantitative estimate of drug-likeness (QED) is 0.381. The van der Waals surface area contributed by atoms with Gasteiger partial charge < -0.3 is 4.42 Å². The fourth-order valence-corrected chi connectivity index (χ4v) is 4.03. The van der Waals surface area contributed by atoms with Crippen LogP contribution in [0, 0.1) is 27.7 Å². The van der Waals surface area contributed by atoms with Crippen LogP contribution in [0.3, 0.4) is 0 Å². The Morgan fingerprint density at radius 3 is 2.64 bits per heavy atom. The maximum atomic E-state index is 12.1. The van der Waals surface area contributed by atoms with E-state index >= 15 is 0 Å². The Balaban J connectivity index is 1.70. The van der Waals surface area contributed by atoms with Crippen molar-refractivity contribution < 1.29 is 4.42 Å². The lowest BCUT2D eigenvalue weighted by Crippen LogP contribution is -2.04. The molecule has 28 heavy (non-hydrogen) atoms. The Morgan fingerprint density at radius 1 is 1.04 bits per heavy atom. The number of tetrazole rings is 1. The summed E-state index contributed by atoms with van der Waals surface area (Å²) in [6.07, 6.45) is 0. The largest absolute Gasteiger partial charge is 0.422 e. The SMILES string of the molecule is Cc1ccc(C)c(-n2nnnc2SCc2cc(=O)oc3c(C)c(C)ccc23)c1. The van der Waals surface area contributed by atoms with Crippen LogP contribution < -0.4 is 5.63 Å². The number of thioether (sulfide) groups is 1. The Labute approximate surface area is 166 Å². The van der Waals surface area contributed by atoms with Crippen LogP contribution in [0.5, 0.6) is 0 Å². The summed E-state index contributed by atoms with van der Waals surface area (Å²) in [6.45, 7) is 8.05. The third-order valence-electron chi connectivity index (χ3n) is 4.91. The van der Waals surface area contributed by atoms with E-state index < -0.39 is 0 Å². The maximum absolute atomic E-state index is 12.1. The van der Waals surface area contributed by atoms with Gasteiger partial charge in [0.1, 0.15) is 5.58 Å². The maximum Gasteiger partial charge on any atom is 0.336 e. The van der Waals surface area contributed by atoms with Gasteiger partial charge in [-0.15, -0.1) is 5.10 Å². The van der Waals surface area contributed by atoms with Gasteiger partial charge in [-0.25, -0.2) is 4.79 Å². The van der Waals surface area contributed by atoms with Crippen molar-refractivity contribution in [3.05, 3.63) is 74.6 Å². The summed E-state index contributed by atoms with van der Waals surface area (Å²) >= 11 is 1.50. The summed E-state index contributed by atoms with van der Waals surface area (Å²) in [6, 6.07) is 11.8. The van der Waals surface area contributed by atoms with Crippen LogP contribution >= 0.6 is 11.8 Å². The first kappa shape index (κ1) is 18.4. The highest BCUT2D eigenvalue weighted by Gasteiger charge is 2.14. The fourth-order valence-electron chi connectivity index (χ4n) is 3.15. The average molecular weight is 392 g/mol. The van der Waals surface area contributed by atoms with Gasteiger partial charge in [0.25, 0.3) is 0 Å². The van der Waals surface area contributed by atoms with Gasteiger partial charge >= 0.3 is 5.63 Å². The molecular weight excluding hydrogens is 372 g/mol. The molecule has 0 saturated heterocycles. The van der Waals surface area contributed by atoms with E-state index in [4.69, 9.17) is 4.42 Å². The zero-order chi connectivity index (χ0) is 19.8. The molecule has 0 atom stereocenters. The Kier molecular flexibility index (Phi) is 4.77. The molecule has 2 aromatic carbocycles. The molecule has 0 spiro atoms. The minimum Gasteiger partial charge on any atom is -0.422 e. The molecule has 0 amide bonds. The first-order valence-electron chi connectivity index (χ1n) is 8.96. The van der Waals surface area contributed by atoms with Gasteiger partial charge in [0, 0.05) is 17.2 Å². The lowest BCUT2D eigenvalue weighted by Gasteiger charge is -2.10. The van der Waals surface area contributed by atoms with E-state index in [1.165, 1.54) is 11.8 Å². The number of hydrogen-bond acceptors (Lipinski definition) is 6. The summed E-state index contributed by atoms with van der Waals surface area (Å²) in [5.41, 5.74) is 6.50. The predicted molar refractivity (Wildman–Crippen MR) is 110 cm³/mol. The smallest absolute Gasteiger partial charge is 0.336 e. The zero-order valence-electron chi connectivity index (χ0n) is 16.2. The molecule has 0 aliphatic carbocycles. The number of aromatic nitrogens is 4.